The lowest BCUT2D eigenvalue weighted by Crippen LogP contribution is -2.42. The second-order valence-corrected chi connectivity index (χ2v) is 7.46. The van der Waals surface area contributed by atoms with Crippen LogP contribution < -0.4 is 4.74 Å². The Morgan fingerprint density at radius 1 is 1.15 bits per heavy atom. The number of hydrogen-bond acceptors (Lipinski definition) is 5. The maximum absolute atomic E-state index is 12.6. The minimum absolute atomic E-state index is 0.0406. The van der Waals surface area contributed by atoms with Crippen molar-refractivity contribution in [1.82, 2.24) is 24.6 Å². The molecular formula is C20H27N5O2. The van der Waals surface area contributed by atoms with Crippen molar-refractivity contribution in [2.75, 3.05) is 39.8 Å². The first-order valence-electron chi connectivity index (χ1n) is 9.77. The van der Waals surface area contributed by atoms with Crippen molar-refractivity contribution in [2.24, 2.45) is 0 Å². The van der Waals surface area contributed by atoms with E-state index in [-0.39, 0.29) is 18.4 Å². The molecule has 1 aromatic heterocycles. The highest BCUT2D eigenvalue weighted by Crippen LogP contribution is 2.27. The molecule has 0 aliphatic carbocycles. The number of carbonyl (C=O) groups is 1. The molecule has 1 amide bonds. The predicted molar refractivity (Wildman–Crippen MR) is 102 cm³/mol. The minimum atomic E-state index is 0.0406. The first-order valence-corrected chi connectivity index (χ1v) is 9.77. The molecule has 2 aliphatic heterocycles. The van der Waals surface area contributed by atoms with Crippen LogP contribution in [0.5, 0.6) is 5.75 Å². The topological polar surface area (TPSA) is 63.5 Å². The second kappa shape index (κ2) is 8.08. The van der Waals surface area contributed by atoms with Gasteiger partial charge in [-0.1, -0.05) is 18.2 Å². The van der Waals surface area contributed by atoms with Gasteiger partial charge in [-0.05, 0) is 32.0 Å². The molecule has 144 valence electrons. The van der Waals surface area contributed by atoms with E-state index in [1.54, 1.807) is 0 Å². The molecule has 4 rings (SSSR count). The van der Waals surface area contributed by atoms with Crippen molar-refractivity contribution in [3.05, 3.63) is 42.0 Å². The summed E-state index contributed by atoms with van der Waals surface area (Å²) in [5.41, 5.74) is 0. The largest absolute Gasteiger partial charge is 0.484 e. The molecule has 1 fully saturated rings. The van der Waals surface area contributed by atoms with E-state index >= 15 is 0 Å². The van der Waals surface area contributed by atoms with Gasteiger partial charge in [0.2, 0.25) is 0 Å². The van der Waals surface area contributed by atoms with Gasteiger partial charge in [0, 0.05) is 45.1 Å². The van der Waals surface area contributed by atoms with Crippen LogP contribution in [0.15, 0.2) is 30.3 Å². The van der Waals surface area contributed by atoms with Gasteiger partial charge in [0.15, 0.2) is 6.61 Å². The van der Waals surface area contributed by atoms with Crippen LogP contribution >= 0.6 is 0 Å². The van der Waals surface area contributed by atoms with Gasteiger partial charge in [-0.3, -0.25) is 4.79 Å². The van der Waals surface area contributed by atoms with E-state index < -0.39 is 0 Å². The van der Waals surface area contributed by atoms with E-state index in [2.05, 4.69) is 26.7 Å². The summed E-state index contributed by atoms with van der Waals surface area (Å²) in [7, 11) is 2.15. The third-order valence-electron chi connectivity index (χ3n) is 5.52. The average molecular weight is 369 g/mol. The molecule has 2 aliphatic rings. The number of para-hydroxylation sites is 1. The summed E-state index contributed by atoms with van der Waals surface area (Å²) in [6, 6.07) is 9.49. The van der Waals surface area contributed by atoms with E-state index in [1.807, 2.05) is 35.2 Å². The van der Waals surface area contributed by atoms with Crippen LogP contribution in [-0.4, -0.2) is 70.3 Å². The van der Waals surface area contributed by atoms with Gasteiger partial charge in [0.25, 0.3) is 5.91 Å². The van der Waals surface area contributed by atoms with Crippen LogP contribution in [-0.2, 0) is 17.8 Å². The van der Waals surface area contributed by atoms with Gasteiger partial charge in [0.1, 0.15) is 17.4 Å². The fourth-order valence-corrected chi connectivity index (χ4v) is 3.92. The van der Waals surface area contributed by atoms with E-state index in [9.17, 15) is 4.79 Å². The highest BCUT2D eigenvalue weighted by atomic mass is 16.5. The average Bonchev–Trinajstić information content (AvgIpc) is 3.03. The predicted octanol–water partition coefficient (Wildman–Crippen LogP) is 1.55. The van der Waals surface area contributed by atoms with E-state index in [0.717, 1.165) is 62.8 Å². The van der Waals surface area contributed by atoms with Crippen LogP contribution in [0.25, 0.3) is 0 Å². The van der Waals surface area contributed by atoms with Crippen molar-refractivity contribution in [2.45, 2.75) is 31.7 Å². The van der Waals surface area contributed by atoms with Gasteiger partial charge in [-0.15, -0.1) is 10.2 Å². The number of amides is 1. The Kier molecular flexibility index (Phi) is 5.38. The van der Waals surface area contributed by atoms with Crippen LogP contribution in [0.2, 0.25) is 0 Å². The summed E-state index contributed by atoms with van der Waals surface area (Å²) < 4.78 is 7.92. The Balaban J connectivity index is 1.40. The van der Waals surface area contributed by atoms with E-state index in [0.29, 0.717) is 6.54 Å². The maximum atomic E-state index is 12.6. The van der Waals surface area contributed by atoms with Gasteiger partial charge in [-0.25, -0.2) is 0 Å². The summed E-state index contributed by atoms with van der Waals surface area (Å²) in [6.07, 6.45) is 2.98. The van der Waals surface area contributed by atoms with E-state index in [1.165, 1.54) is 0 Å². The number of likely N-dealkylation sites (N-methyl/N-ethyl adjacent to an activating group) is 1. The zero-order valence-electron chi connectivity index (χ0n) is 15.9. The third kappa shape index (κ3) is 4.13. The molecule has 0 N–H and O–H groups in total. The molecular weight excluding hydrogens is 342 g/mol. The summed E-state index contributed by atoms with van der Waals surface area (Å²) >= 11 is 0. The first-order chi connectivity index (χ1) is 13.2. The number of carbonyl (C=O) groups excluding carboxylic acids is 1. The Morgan fingerprint density at radius 3 is 2.85 bits per heavy atom. The number of rotatable bonds is 4. The summed E-state index contributed by atoms with van der Waals surface area (Å²) in [6.45, 7) is 4.53. The van der Waals surface area contributed by atoms with Crippen molar-refractivity contribution >= 4 is 5.91 Å². The number of hydrogen-bond donors (Lipinski definition) is 0. The number of piperidine rings is 1. The summed E-state index contributed by atoms with van der Waals surface area (Å²) in [4.78, 5) is 16.9. The molecule has 0 bridgehead atoms. The third-order valence-corrected chi connectivity index (χ3v) is 5.52. The number of likely N-dealkylation sites (tertiary alicyclic amines) is 1. The van der Waals surface area contributed by atoms with Gasteiger partial charge >= 0.3 is 0 Å². The van der Waals surface area contributed by atoms with Crippen LogP contribution in [0.3, 0.4) is 0 Å². The Hall–Kier alpha value is -2.41. The molecule has 0 radical (unpaired) electrons. The number of ether oxygens (including phenoxy) is 1. The van der Waals surface area contributed by atoms with E-state index in [4.69, 9.17) is 4.74 Å². The number of nitrogens with zero attached hydrogens (tertiary/aromatic N) is 5. The van der Waals surface area contributed by atoms with Gasteiger partial charge in [0.05, 0.1) is 0 Å². The quantitative estimate of drug-likeness (QED) is 0.818. The molecule has 1 atom stereocenters. The molecule has 0 saturated carbocycles. The zero-order chi connectivity index (χ0) is 18.6. The molecule has 1 aromatic carbocycles. The van der Waals surface area contributed by atoms with Crippen LogP contribution in [0.1, 0.15) is 30.4 Å². The first kappa shape index (κ1) is 18.0. The molecule has 2 aromatic rings. The number of aromatic nitrogens is 3. The molecule has 27 heavy (non-hydrogen) atoms. The Labute approximate surface area is 159 Å². The number of fused-ring (bicyclic) bond motifs is 1. The monoisotopic (exact) mass is 369 g/mol. The molecule has 0 spiro atoms. The molecule has 7 heteroatoms. The van der Waals surface area contributed by atoms with Gasteiger partial charge < -0.3 is 19.1 Å². The van der Waals surface area contributed by atoms with Crippen LogP contribution in [0, 0.1) is 0 Å². The minimum Gasteiger partial charge on any atom is -0.484 e. The Morgan fingerprint density at radius 2 is 2.00 bits per heavy atom. The summed E-state index contributed by atoms with van der Waals surface area (Å²) in [5, 5.41) is 8.93. The van der Waals surface area contributed by atoms with Crippen molar-refractivity contribution in [3.8, 4) is 5.75 Å². The van der Waals surface area contributed by atoms with Gasteiger partial charge in [-0.2, -0.15) is 0 Å². The lowest BCUT2D eigenvalue weighted by Gasteiger charge is -2.32. The molecule has 1 saturated heterocycles. The molecule has 3 heterocycles. The SMILES string of the molecule is CN1CCc2nnc(C3CCCN(C(=O)COc4ccccc4)C3)n2CC1. The molecule has 1 unspecified atom stereocenters. The van der Waals surface area contributed by atoms with Crippen molar-refractivity contribution < 1.29 is 9.53 Å². The molecule has 7 nitrogen and oxygen atoms in total. The summed E-state index contributed by atoms with van der Waals surface area (Å²) in [5.74, 6) is 3.14. The number of benzene rings is 1. The van der Waals surface area contributed by atoms with Crippen molar-refractivity contribution in [1.29, 1.82) is 0 Å². The second-order valence-electron chi connectivity index (χ2n) is 7.46. The smallest absolute Gasteiger partial charge is 0.260 e. The standard InChI is InChI=1S/C20H27N5O2/c1-23-11-9-18-21-22-20(25(18)13-12-23)16-6-5-10-24(14-16)19(26)15-27-17-7-3-2-4-8-17/h2-4,7-8,16H,5-6,9-15H2,1H3. The lowest BCUT2D eigenvalue weighted by atomic mass is 9.97. The normalized spacial score (nSPS) is 20.8. The maximum Gasteiger partial charge on any atom is 0.260 e. The fraction of sp³-hybridized carbons (Fsp3) is 0.550. The highest BCUT2D eigenvalue weighted by Gasteiger charge is 2.29. The van der Waals surface area contributed by atoms with Crippen molar-refractivity contribution in [3.63, 3.8) is 0 Å². The highest BCUT2D eigenvalue weighted by molar-refractivity contribution is 5.78. The lowest BCUT2D eigenvalue weighted by molar-refractivity contribution is -0.134. The fourth-order valence-electron chi connectivity index (χ4n) is 3.92. The Bertz CT molecular complexity index is 776. The van der Waals surface area contributed by atoms with Crippen LogP contribution in [0.4, 0.5) is 0 Å². The zero-order valence-corrected chi connectivity index (χ0v) is 15.9.